The summed E-state index contributed by atoms with van der Waals surface area (Å²) in [5, 5.41) is 1.01. The zero-order valence-corrected chi connectivity index (χ0v) is 9.11. The standard InChI is InChI=1S/C12H6Cl2F/c13-9-3-1-2-8(6-9)11-7-10(14)4-5-12(11)15/h1-4,6-7H. The molecule has 0 saturated carbocycles. The van der Waals surface area contributed by atoms with Crippen molar-refractivity contribution in [2.45, 2.75) is 0 Å². The van der Waals surface area contributed by atoms with Crippen LogP contribution in [0.3, 0.4) is 0 Å². The zero-order valence-electron chi connectivity index (χ0n) is 7.60. The topological polar surface area (TPSA) is 0 Å². The largest absolute Gasteiger partial charge is 0.206 e. The minimum atomic E-state index is -0.429. The maximum Gasteiger partial charge on any atom is 0.139 e. The Hall–Kier alpha value is -1.05. The van der Waals surface area contributed by atoms with E-state index in [9.17, 15) is 4.39 Å². The lowest BCUT2D eigenvalue weighted by atomic mass is 10.1. The Morgan fingerprint density at radius 3 is 2.60 bits per heavy atom. The third-order valence-corrected chi connectivity index (χ3v) is 2.44. The number of hydrogen-bond acceptors (Lipinski definition) is 0. The van der Waals surface area contributed by atoms with Gasteiger partial charge in [0.2, 0.25) is 0 Å². The summed E-state index contributed by atoms with van der Waals surface area (Å²) in [6.07, 6.45) is 0. The fraction of sp³-hybridized carbons (Fsp3) is 0. The SMILES string of the molecule is Fc1[c]cc(Cl)cc1-c1cccc(Cl)c1. The molecule has 0 nitrogen and oxygen atoms in total. The van der Waals surface area contributed by atoms with Crippen molar-refractivity contribution in [2.75, 3.05) is 0 Å². The van der Waals surface area contributed by atoms with Crippen LogP contribution in [-0.2, 0) is 0 Å². The highest BCUT2D eigenvalue weighted by Crippen LogP contribution is 2.27. The molecule has 0 aliphatic carbocycles. The molecule has 1 radical (unpaired) electrons. The van der Waals surface area contributed by atoms with Gasteiger partial charge < -0.3 is 0 Å². The molecule has 0 saturated heterocycles. The van der Waals surface area contributed by atoms with Crippen molar-refractivity contribution in [3.8, 4) is 11.1 Å². The molecule has 3 heteroatoms. The van der Waals surface area contributed by atoms with Gasteiger partial charge in [-0.1, -0.05) is 35.3 Å². The highest BCUT2D eigenvalue weighted by molar-refractivity contribution is 6.31. The third-order valence-electron chi connectivity index (χ3n) is 1.99. The molecule has 0 amide bonds. The van der Waals surface area contributed by atoms with E-state index in [4.69, 9.17) is 23.2 Å². The minimum absolute atomic E-state index is 0.407. The van der Waals surface area contributed by atoms with Gasteiger partial charge in [0.15, 0.2) is 0 Å². The van der Waals surface area contributed by atoms with Crippen LogP contribution >= 0.6 is 23.2 Å². The van der Waals surface area contributed by atoms with Gasteiger partial charge in [0.05, 0.1) is 0 Å². The Balaban J connectivity index is 2.58. The molecule has 0 N–H and O–H groups in total. The number of hydrogen-bond donors (Lipinski definition) is 0. The fourth-order valence-electron chi connectivity index (χ4n) is 1.32. The van der Waals surface area contributed by atoms with E-state index in [-0.39, 0.29) is 0 Å². The van der Waals surface area contributed by atoms with E-state index in [1.165, 1.54) is 6.07 Å². The van der Waals surface area contributed by atoms with Crippen LogP contribution in [-0.4, -0.2) is 0 Å². The van der Waals surface area contributed by atoms with Crippen LogP contribution in [0.2, 0.25) is 10.0 Å². The van der Waals surface area contributed by atoms with Gasteiger partial charge in [-0.3, -0.25) is 0 Å². The van der Waals surface area contributed by atoms with Crippen LogP contribution in [0, 0.1) is 11.9 Å². The van der Waals surface area contributed by atoms with Gasteiger partial charge in [0.25, 0.3) is 0 Å². The van der Waals surface area contributed by atoms with Crippen molar-refractivity contribution in [2.24, 2.45) is 0 Å². The van der Waals surface area contributed by atoms with E-state index in [0.29, 0.717) is 21.2 Å². The summed E-state index contributed by atoms with van der Waals surface area (Å²) in [5.74, 6) is -0.429. The second-order valence-corrected chi connectivity index (χ2v) is 3.93. The second kappa shape index (κ2) is 4.21. The molecule has 0 spiro atoms. The monoisotopic (exact) mass is 239 g/mol. The summed E-state index contributed by atoms with van der Waals surface area (Å²) in [4.78, 5) is 0. The highest BCUT2D eigenvalue weighted by atomic mass is 35.5. The predicted octanol–water partition coefficient (Wildman–Crippen LogP) is 4.60. The summed E-state index contributed by atoms with van der Waals surface area (Å²) in [6.45, 7) is 0. The first-order chi connectivity index (χ1) is 7.16. The molecule has 0 heterocycles. The highest BCUT2D eigenvalue weighted by Gasteiger charge is 2.06. The lowest BCUT2D eigenvalue weighted by Gasteiger charge is -2.03. The summed E-state index contributed by atoms with van der Waals surface area (Å²) in [5.41, 5.74) is 1.10. The van der Waals surface area contributed by atoms with Gasteiger partial charge >= 0.3 is 0 Å². The molecule has 0 aliphatic rings. The Labute approximate surface area is 97.3 Å². The van der Waals surface area contributed by atoms with E-state index < -0.39 is 5.82 Å². The molecular formula is C12H6Cl2F. The van der Waals surface area contributed by atoms with Crippen molar-refractivity contribution in [1.29, 1.82) is 0 Å². The summed E-state index contributed by atoms with van der Waals surface area (Å²) >= 11 is 11.6. The van der Waals surface area contributed by atoms with Crippen LogP contribution in [0.25, 0.3) is 11.1 Å². The van der Waals surface area contributed by atoms with E-state index in [2.05, 4.69) is 6.07 Å². The molecule has 0 aromatic heterocycles. The van der Waals surface area contributed by atoms with Crippen molar-refractivity contribution in [3.63, 3.8) is 0 Å². The Morgan fingerprint density at radius 1 is 1.07 bits per heavy atom. The van der Waals surface area contributed by atoms with Crippen molar-refractivity contribution in [1.82, 2.24) is 0 Å². The second-order valence-electron chi connectivity index (χ2n) is 3.06. The molecule has 0 fully saturated rings. The number of rotatable bonds is 1. The lowest BCUT2D eigenvalue weighted by molar-refractivity contribution is 0.629. The number of halogens is 3. The van der Waals surface area contributed by atoms with Gasteiger partial charge in [-0.2, -0.15) is 0 Å². The van der Waals surface area contributed by atoms with Crippen LogP contribution < -0.4 is 0 Å². The predicted molar refractivity (Wildman–Crippen MR) is 60.7 cm³/mol. The zero-order chi connectivity index (χ0) is 10.8. The molecule has 2 aromatic carbocycles. The van der Waals surface area contributed by atoms with E-state index in [0.717, 1.165) is 0 Å². The lowest BCUT2D eigenvalue weighted by Crippen LogP contribution is -1.84. The third kappa shape index (κ3) is 2.31. The molecule has 2 rings (SSSR count). The minimum Gasteiger partial charge on any atom is -0.206 e. The first kappa shape index (κ1) is 10.5. The smallest absolute Gasteiger partial charge is 0.139 e. The van der Waals surface area contributed by atoms with Crippen molar-refractivity contribution in [3.05, 3.63) is 58.3 Å². The van der Waals surface area contributed by atoms with Gasteiger partial charge in [0, 0.05) is 21.7 Å². The molecule has 0 atom stereocenters. The average Bonchev–Trinajstić information content (AvgIpc) is 2.22. The Bertz CT molecular complexity index is 495. The molecular weight excluding hydrogens is 234 g/mol. The van der Waals surface area contributed by atoms with Crippen LogP contribution in [0.4, 0.5) is 4.39 Å². The first-order valence-corrected chi connectivity index (χ1v) is 5.05. The fourth-order valence-corrected chi connectivity index (χ4v) is 1.67. The van der Waals surface area contributed by atoms with Crippen LogP contribution in [0.15, 0.2) is 36.4 Å². The Morgan fingerprint density at radius 2 is 1.87 bits per heavy atom. The average molecular weight is 240 g/mol. The Kier molecular flexibility index (Phi) is 2.94. The van der Waals surface area contributed by atoms with Crippen LogP contribution in [0.1, 0.15) is 0 Å². The van der Waals surface area contributed by atoms with Crippen LogP contribution in [0.5, 0.6) is 0 Å². The quantitative estimate of drug-likeness (QED) is 0.683. The molecule has 2 aromatic rings. The molecule has 75 valence electrons. The van der Waals surface area contributed by atoms with E-state index in [1.54, 1.807) is 30.3 Å². The summed E-state index contributed by atoms with van der Waals surface area (Å²) < 4.78 is 13.4. The van der Waals surface area contributed by atoms with Gasteiger partial charge in [-0.25, -0.2) is 4.39 Å². The number of benzene rings is 2. The normalized spacial score (nSPS) is 10.3. The summed E-state index contributed by atoms with van der Waals surface area (Å²) in [6, 6.07) is 12.3. The first-order valence-electron chi connectivity index (χ1n) is 4.29. The van der Waals surface area contributed by atoms with Crippen molar-refractivity contribution >= 4 is 23.2 Å². The van der Waals surface area contributed by atoms with Gasteiger partial charge in [-0.15, -0.1) is 0 Å². The molecule has 0 aliphatic heterocycles. The van der Waals surface area contributed by atoms with E-state index in [1.807, 2.05) is 0 Å². The van der Waals surface area contributed by atoms with E-state index >= 15 is 0 Å². The maximum absolute atomic E-state index is 13.4. The van der Waals surface area contributed by atoms with Gasteiger partial charge in [-0.05, 0) is 29.8 Å². The maximum atomic E-state index is 13.4. The molecule has 0 bridgehead atoms. The molecule has 15 heavy (non-hydrogen) atoms. The van der Waals surface area contributed by atoms with Crippen molar-refractivity contribution < 1.29 is 4.39 Å². The summed E-state index contributed by atoms with van der Waals surface area (Å²) in [7, 11) is 0. The van der Waals surface area contributed by atoms with Gasteiger partial charge in [0.1, 0.15) is 5.82 Å². The molecule has 0 unspecified atom stereocenters.